The number of hydrogen-bond donors (Lipinski definition) is 3. The second-order valence-corrected chi connectivity index (χ2v) is 14.6. The molecule has 0 aromatic carbocycles. The lowest BCUT2D eigenvalue weighted by Gasteiger charge is -2.40. The zero-order valence-electron chi connectivity index (χ0n) is 17.7. The summed E-state index contributed by atoms with van der Waals surface area (Å²) < 4.78 is 6.16. The molecule has 2 amide bonds. The van der Waals surface area contributed by atoms with Crippen LogP contribution in [0.5, 0.6) is 0 Å². The topological polar surface area (TPSA) is 87.7 Å². The lowest BCUT2D eigenvalue weighted by atomic mass is 9.87. The number of aliphatic hydroxyl groups is 1. The van der Waals surface area contributed by atoms with Crippen molar-refractivity contribution < 1.29 is 19.1 Å². The molecule has 0 saturated heterocycles. The monoisotopic (exact) mass is 406 g/mol. The first-order chi connectivity index (χ1) is 11.7. The van der Waals surface area contributed by atoms with Gasteiger partial charge in [0, 0.05) is 37.3 Å². The lowest BCUT2D eigenvalue weighted by Crippen LogP contribution is -2.50. The van der Waals surface area contributed by atoms with Gasteiger partial charge in [0.1, 0.15) is 6.10 Å². The molecule has 0 aliphatic heterocycles. The van der Waals surface area contributed by atoms with Gasteiger partial charge in [-0.3, -0.25) is 9.59 Å². The van der Waals surface area contributed by atoms with Crippen LogP contribution in [0.1, 0.15) is 41.0 Å². The standard InChI is InChI=1S/C18H38N2O4SSi/c1-17(2,3)26(7,8)24-13-18(4,5)15(22)16(23)20-10-9-14(21)19-11-12-25-6/h15,22H,9-13H2,1-8H3,(H,19,21)(H,20,23)/t15-/m0/s1. The summed E-state index contributed by atoms with van der Waals surface area (Å²) in [5, 5.41) is 15.9. The fourth-order valence-electron chi connectivity index (χ4n) is 1.79. The summed E-state index contributed by atoms with van der Waals surface area (Å²) in [6.07, 6.45) is 0.991. The SMILES string of the molecule is CSCCNC(=O)CCNC(=O)[C@H](O)C(C)(C)CO[Si](C)(C)C(C)(C)C. The van der Waals surface area contributed by atoms with Crippen molar-refractivity contribution in [3.8, 4) is 0 Å². The Labute approximate surface area is 164 Å². The van der Waals surface area contributed by atoms with E-state index in [2.05, 4.69) is 44.5 Å². The number of hydrogen-bond acceptors (Lipinski definition) is 5. The Morgan fingerprint density at radius 3 is 2.19 bits per heavy atom. The van der Waals surface area contributed by atoms with Crippen LogP contribution in [0.15, 0.2) is 0 Å². The first kappa shape index (κ1) is 25.4. The first-order valence-electron chi connectivity index (χ1n) is 9.10. The van der Waals surface area contributed by atoms with Crippen LogP contribution in [0.2, 0.25) is 18.1 Å². The summed E-state index contributed by atoms with van der Waals surface area (Å²) in [5.41, 5.74) is -0.708. The van der Waals surface area contributed by atoms with Crippen molar-refractivity contribution >= 4 is 31.9 Å². The fraction of sp³-hybridized carbons (Fsp3) is 0.889. The van der Waals surface area contributed by atoms with Gasteiger partial charge >= 0.3 is 0 Å². The number of aliphatic hydroxyl groups excluding tert-OH is 1. The Hall–Kier alpha value is -0.573. The van der Waals surface area contributed by atoms with Gasteiger partial charge in [0.25, 0.3) is 0 Å². The number of rotatable bonds is 11. The van der Waals surface area contributed by atoms with E-state index in [1.54, 1.807) is 11.8 Å². The second-order valence-electron chi connectivity index (χ2n) is 8.82. The molecule has 26 heavy (non-hydrogen) atoms. The van der Waals surface area contributed by atoms with Gasteiger partial charge in [-0.2, -0.15) is 11.8 Å². The Kier molecular flexibility index (Phi) is 10.4. The van der Waals surface area contributed by atoms with Crippen molar-refractivity contribution in [2.75, 3.05) is 31.7 Å². The van der Waals surface area contributed by atoms with Crippen molar-refractivity contribution in [1.82, 2.24) is 10.6 Å². The minimum atomic E-state index is -1.95. The van der Waals surface area contributed by atoms with Gasteiger partial charge in [-0.15, -0.1) is 0 Å². The molecular formula is C18H38N2O4SSi. The molecule has 8 heteroatoms. The highest BCUT2D eigenvalue weighted by atomic mass is 32.2. The van der Waals surface area contributed by atoms with Crippen LogP contribution in [0.4, 0.5) is 0 Å². The van der Waals surface area contributed by atoms with E-state index in [9.17, 15) is 14.7 Å². The molecule has 3 N–H and O–H groups in total. The Balaban J connectivity index is 4.41. The molecule has 1 atom stereocenters. The van der Waals surface area contributed by atoms with Crippen LogP contribution in [-0.2, 0) is 14.0 Å². The summed E-state index contributed by atoms with van der Waals surface area (Å²) >= 11 is 1.66. The van der Waals surface area contributed by atoms with E-state index >= 15 is 0 Å². The van der Waals surface area contributed by atoms with Crippen molar-refractivity contribution in [2.24, 2.45) is 5.41 Å². The van der Waals surface area contributed by atoms with Crippen LogP contribution in [0.25, 0.3) is 0 Å². The molecule has 0 spiro atoms. The molecular weight excluding hydrogens is 368 g/mol. The molecule has 0 fully saturated rings. The summed E-state index contributed by atoms with van der Waals surface area (Å²) in [4.78, 5) is 23.8. The molecule has 0 radical (unpaired) electrons. The molecule has 0 heterocycles. The van der Waals surface area contributed by atoms with Gasteiger partial charge in [-0.05, 0) is 24.4 Å². The minimum absolute atomic E-state index is 0.0694. The number of carbonyl (C=O) groups excluding carboxylic acids is 2. The molecule has 6 nitrogen and oxygen atoms in total. The first-order valence-corrected chi connectivity index (χ1v) is 13.4. The van der Waals surface area contributed by atoms with Crippen molar-refractivity contribution in [2.45, 2.75) is 65.3 Å². The van der Waals surface area contributed by atoms with E-state index in [0.29, 0.717) is 13.2 Å². The highest BCUT2D eigenvalue weighted by Gasteiger charge is 2.41. The second kappa shape index (κ2) is 10.7. The zero-order chi connectivity index (χ0) is 20.6. The zero-order valence-corrected chi connectivity index (χ0v) is 19.5. The van der Waals surface area contributed by atoms with Gasteiger partial charge in [0.2, 0.25) is 11.8 Å². The van der Waals surface area contributed by atoms with Gasteiger partial charge in [0.05, 0.1) is 0 Å². The van der Waals surface area contributed by atoms with Gasteiger partial charge in [-0.25, -0.2) is 0 Å². The van der Waals surface area contributed by atoms with Crippen LogP contribution < -0.4 is 10.6 Å². The van der Waals surface area contributed by atoms with E-state index in [0.717, 1.165) is 5.75 Å². The molecule has 0 unspecified atom stereocenters. The van der Waals surface area contributed by atoms with E-state index in [1.807, 2.05) is 20.1 Å². The van der Waals surface area contributed by atoms with Crippen molar-refractivity contribution in [1.29, 1.82) is 0 Å². The average Bonchev–Trinajstić information content (AvgIpc) is 2.51. The van der Waals surface area contributed by atoms with Crippen molar-refractivity contribution in [3.05, 3.63) is 0 Å². The quantitative estimate of drug-likeness (QED) is 0.362. The smallest absolute Gasteiger partial charge is 0.249 e. The number of nitrogens with one attached hydrogen (secondary N) is 2. The third-order valence-electron chi connectivity index (χ3n) is 4.88. The maximum absolute atomic E-state index is 12.2. The van der Waals surface area contributed by atoms with Gasteiger partial charge in [-0.1, -0.05) is 34.6 Å². The highest BCUT2D eigenvalue weighted by Crippen LogP contribution is 2.38. The summed E-state index contributed by atoms with van der Waals surface area (Å²) in [5.74, 6) is 0.291. The molecule has 0 aromatic heterocycles. The maximum atomic E-state index is 12.2. The summed E-state index contributed by atoms with van der Waals surface area (Å²) in [6, 6.07) is 0. The summed E-state index contributed by atoms with van der Waals surface area (Å²) in [7, 11) is -1.95. The highest BCUT2D eigenvalue weighted by molar-refractivity contribution is 7.98. The average molecular weight is 407 g/mol. The van der Waals surface area contributed by atoms with Crippen molar-refractivity contribution in [3.63, 3.8) is 0 Å². The summed E-state index contributed by atoms with van der Waals surface area (Å²) in [6.45, 7) is 15.5. The third kappa shape index (κ3) is 8.88. The van der Waals surface area contributed by atoms with E-state index in [-0.39, 0.29) is 23.9 Å². The fourth-order valence-corrected chi connectivity index (χ4v) is 3.27. The van der Waals surface area contributed by atoms with Gasteiger partial charge < -0.3 is 20.2 Å². The molecule has 0 aliphatic rings. The Bertz CT molecular complexity index is 465. The van der Waals surface area contributed by atoms with E-state index in [1.165, 1.54) is 0 Å². The van der Waals surface area contributed by atoms with Gasteiger partial charge in [0.15, 0.2) is 8.32 Å². The van der Waals surface area contributed by atoms with Crippen LogP contribution in [0, 0.1) is 5.41 Å². The molecule has 0 rings (SSSR count). The Morgan fingerprint density at radius 2 is 1.69 bits per heavy atom. The largest absolute Gasteiger partial charge is 0.416 e. The predicted octanol–water partition coefficient (Wildman–Crippen LogP) is 2.38. The predicted molar refractivity (Wildman–Crippen MR) is 112 cm³/mol. The molecule has 0 aromatic rings. The number of amides is 2. The van der Waals surface area contributed by atoms with Crippen LogP contribution in [0.3, 0.4) is 0 Å². The Morgan fingerprint density at radius 1 is 1.12 bits per heavy atom. The van der Waals surface area contributed by atoms with Crippen LogP contribution >= 0.6 is 11.8 Å². The number of carbonyl (C=O) groups is 2. The van der Waals surface area contributed by atoms with E-state index in [4.69, 9.17) is 4.43 Å². The molecule has 0 aliphatic carbocycles. The molecule has 154 valence electrons. The molecule has 0 saturated carbocycles. The minimum Gasteiger partial charge on any atom is -0.416 e. The van der Waals surface area contributed by atoms with Crippen LogP contribution in [-0.4, -0.2) is 63.0 Å². The normalized spacial score (nSPS) is 14.0. The maximum Gasteiger partial charge on any atom is 0.249 e. The lowest BCUT2D eigenvalue weighted by molar-refractivity contribution is -0.136. The third-order valence-corrected chi connectivity index (χ3v) is 9.97. The molecule has 0 bridgehead atoms. The van der Waals surface area contributed by atoms with E-state index < -0.39 is 25.7 Å². The number of thioether (sulfide) groups is 1.